The molecule has 3 N–H and O–H groups in total. The Morgan fingerprint density at radius 2 is 2.00 bits per heavy atom. The molecule has 4 rings (SSSR count). The predicted molar refractivity (Wildman–Crippen MR) is 127 cm³/mol. The molecule has 1 saturated carbocycles. The van der Waals surface area contributed by atoms with Gasteiger partial charge in [-0.25, -0.2) is 4.99 Å². The number of aliphatic imine (C=N–C) groups is 1. The number of rotatable bonds is 5. The Hall–Kier alpha value is -2.29. The van der Waals surface area contributed by atoms with Crippen molar-refractivity contribution in [1.29, 1.82) is 0 Å². The molecule has 0 spiro atoms. The predicted octanol–water partition coefficient (Wildman–Crippen LogP) is 4.86. The Kier molecular flexibility index (Phi) is 7.35. The standard InChI is InChI=1S/C22H26N4O2.HI/c1-27-20-12-11-15-7-5-6-10-18(15)21(20)19-13-17(28-26-19)14-24-22(23)25-16-8-3-2-4-9-16;/h5-7,10-13,16H,2-4,8-9,14H2,1H3,(H3,23,24,25);1H. The van der Waals surface area contributed by atoms with Crippen molar-refractivity contribution in [3.05, 3.63) is 48.2 Å². The first-order valence-corrected chi connectivity index (χ1v) is 9.83. The van der Waals surface area contributed by atoms with Crippen molar-refractivity contribution in [3.63, 3.8) is 0 Å². The van der Waals surface area contributed by atoms with Crippen molar-refractivity contribution < 1.29 is 9.26 Å². The van der Waals surface area contributed by atoms with Crippen LogP contribution in [0.1, 0.15) is 37.9 Å². The van der Waals surface area contributed by atoms with Gasteiger partial charge in [0.25, 0.3) is 0 Å². The van der Waals surface area contributed by atoms with E-state index in [4.69, 9.17) is 15.0 Å². The maximum absolute atomic E-state index is 6.05. The van der Waals surface area contributed by atoms with Gasteiger partial charge in [0.1, 0.15) is 18.0 Å². The van der Waals surface area contributed by atoms with Crippen molar-refractivity contribution in [2.45, 2.75) is 44.7 Å². The fourth-order valence-corrected chi connectivity index (χ4v) is 3.86. The summed E-state index contributed by atoms with van der Waals surface area (Å²) < 4.78 is 11.1. The maximum Gasteiger partial charge on any atom is 0.189 e. The lowest BCUT2D eigenvalue weighted by atomic mass is 9.96. The van der Waals surface area contributed by atoms with E-state index in [0.29, 0.717) is 24.3 Å². The number of nitrogens with zero attached hydrogens (tertiary/aromatic N) is 2. The number of nitrogens with two attached hydrogens (primary N) is 1. The SMILES string of the molecule is COc1ccc2ccccc2c1-c1cc(CN=C(N)NC2CCCCC2)on1.I. The van der Waals surface area contributed by atoms with E-state index in [9.17, 15) is 0 Å². The summed E-state index contributed by atoms with van der Waals surface area (Å²) >= 11 is 0. The Balaban J connectivity index is 0.00000240. The molecule has 154 valence electrons. The highest BCUT2D eigenvalue weighted by Crippen LogP contribution is 2.36. The molecule has 0 amide bonds. The van der Waals surface area contributed by atoms with Gasteiger partial charge < -0.3 is 20.3 Å². The zero-order valence-electron chi connectivity index (χ0n) is 16.6. The number of benzene rings is 2. The molecule has 0 atom stereocenters. The van der Waals surface area contributed by atoms with Crippen LogP contribution in [0.2, 0.25) is 0 Å². The molecule has 29 heavy (non-hydrogen) atoms. The minimum Gasteiger partial charge on any atom is -0.496 e. The lowest BCUT2D eigenvalue weighted by Gasteiger charge is -2.23. The van der Waals surface area contributed by atoms with Gasteiger partial charge >= 0.3 is 0 Å². The van der Waals surface area contributed by atoms with Crippen LogP contribution in [0, 0.1) is 0 Å². The number of hydrogen-bond donors (Lipinski definition) is 2. The topological polar surface area (TPSA) is 85.7 Å². The van der Waals surface area contributed by atoms with Crippen molar-refractivity contribution in [3.8, 4) is 17.0 Å². The third kappa shape index (κ3) is 5.01. The van der Waals surface area contributed by atoms with Crippen molar-refractivity contribution in [2.24, 2.45) is 10.7 Å². The lowest BCUT2D eigenvalue weighted by Crippen LogP contribution is -2.41. The molecule has 1 aliphatic carbocycles. The second-order valence-corrected chi connectivity index (χ2v) is 7.22. The number of ether oxygens (including phenoxy) is 1. The average Bonchev–Trinajstić information content (AvgIpc) is 3.20. The van der Waals surface area contributed by atoms with E-state index in [1.54, 1.807) is 7.11 Å². The molecule has 7 heteroatoms. The quantitative estimate of drug-likeness (QED) is 0.293. The van der Waals surface area contributed by atoms with Crippen LogP contribution in [0.25, 0.3) is 22.0 Å². The number of nitrogens with one attached hydrogen (secondary N) is 1. The minimum absolute atomic E-state index is 0. The highest BCUT2D eigenvalue weighted by molar-refractivity contribution is 14.0. The van der Waals surface area contributed by atoms with Crippen LogP contribution in [0.15, 0.2) is 52.0 Å². The summed E-state index contributed by atoms with van der Waals surface area (Å²) in [6, 6.07) is 14.5. The Morgan fingerprint density at radius 1 is 1.21 bits per heavy atom. The average molecular weight is 506 g/mol. The van der Waals surface area contributed by atoms with E-state index in [-0.39, 0.29) is 24.0 Å². The maximum atomic E-state index is 6.05. The summed E-state index contributed by atoms with van der Waals surface area (Å²) in [5.41, 5.74) is 7.71. The number of aromatic nitrogens is 1. The van der Waals surface area contributed by atoms with Crippen LogP contribution in [-0.2, 0) is 6.54 Å². The highest BCUT2D eigenvalue weighted by atomic mass is 127. The first-order chi connectivity index (χ1) is 13.7. The molecule has 1 heterocycles. The van der Waals surface area contributed by atoms with Crippen molar-refractivity contribution in [1.82, 2.24) is 10.5 Å². The summed E-state index contributed by atoms with van der Waals surface area (Å²) in [5.74, 6) is 1.89. The van der Waals surface area contributed by atoms with Crippen LogP contribution < -0.4 is 15.8 Å². The first-order valence-electron chi connectivity index (χ1n) is 9.83. The molecule has 0 bridgehead atoms. The Morgan fingerprint density at radius 3 is 2.79 bits per heavy atom. The van der Waals surface area contributed by atoms with E-state index in [0.717, 1.165) is 40.6 Å². The fourth-order valence-electron chi connectivity index (χ4n) is 3.86. The van der Waals surface area contributed by atoms with Gasteiger partial charge in [-0.05, 0) is 29.7 Å². The number of hydrogen-bond acceptors (Lipinski definition) is 4. The first kappa shape index (κ1) is 21.4. The van der Waals surface area contributed by atoms with E-state index >= 15 is 0 Å². The third-order valence-electron chi connectivity index (χ3n) is 5.29. The van der Waals surface area contributed by atoms with Crippen LogP contribution in [0.5, 0.6) is 5.75 Å². The Labute approximate surface area is 187 Å². The zero-order chi connectivity index (χ0) is 19.3. The van der Waals surface area contributed by atoms with E-state index in [2.05, 4.69) is 27.6 Å². The van der Waals surface area contributed by atoms with Crippen molar-refractivity contribution >= 4 is 40.7 Å². The molecule has 1 fully saturated rings. The van der Waals surface area contributed by atoms with Crippen LogP contribution in [0.4, 0.5) is 0 Å². The van der Waals surface area contributed by atoms with Crippen molar-refractivity contribution in [2.75, 3.05) is 7.11 Å². The number of fused-ring (bicyclic) bond motifs is 1. The molecule has 3 aromatic rings. The summed E-state index contributed by atoms with van der Waals surface area (Å²) in [5, 5.41) is 9.77. The number of guanidine groups is 1. The lowest BCUT2D eigenvalue weighted by molar-refractivity contribution is 0.385. The van der Waals surface area contributed by atoms with E-state index in [1.165, 1.54) is 19.3 Å². The second kappa shape index (κ2) is 9.96. The van der Waals surface area contributed by atoms with Gasteiger partial charge in [-0.1, -0.05) is 54.8 Å². The Bertz CT molecular complexity index is 980. The molecular formula is C22H27IN4O2. The summed E-state index contributed by atoms with van der Waals surface area (Å²) in [6.07, 6.45) is 6.13. The van der Waals surface area contributed by atoms with Gasteiger partial charge in [-0.15, -0.1) is 24.0 Å². The molecule has 0 aliphatic heterocycles. The summed E-state index contributed by atoms with van der Waals surface area (Å²) in [7, 11) is 1.66. The van der Waals surface area contributed by atoms with Gasteiger partial charge in [0, 0.05) is 12.1 Å². The van der Waals surface area contributed by atoms with Gasteiger partial charge in [-0.2, -0.15) is 0 Å². The second-order valence-electron chi connectivity index (χ2n) is 7.22. The van der Waals surface area contributed by atoms with Crippen LogP contribution in [0.3, 0.4) is 0 Å². The van der Waals surface area contributed by atoms with Crippen LogP contribution >= 0.6 is 24.0 Å². The van der Waals surface area contributed by atoms with Crippen LogP contribution in [-0.4, -0.2) is 24.3 Å². The third-order valence-corrected chi connectivity index (χ3v) is 5.29. The summed E-state index contributed by atoms with van der Waals surface area (Å²) in [6.45, 7) is 0.353. The highest BCUT2D eigenvalue weighted by Gasteiger charge is 2.16. The molecule has 0 saturated heterocycles. The normalized spacial score (nSPS) is 15.1. The zero-order valence-corrected chi connectivity index (χ0v) is 18.9. The minimum atomic E-state index is 0. The molecular weight excluding hydrogens is 479 g/mol. The number of halogens is 1. The molecule has 2 aromatic carbocycles. The van der Waals surface area contributed by atoms with Gasteiger partial charge in [0.05, 0.1) is 12.7 Å². The monoisotopic (exact) mass is 506 g/mol. The molecule has 1 aromatic heterocycles. The van der Waals surface area contributed by atoms with Gasteiger partial charge in [-0.3, -0.25) is 0 Å². The molecule has 6 nitrogen and oxygen atoms in total. The fraction of sp³-hybridized carbons (Fsp3) is 0.364. The molecule has 1 aliphatic rings. The summed E-state index contributed by atoms with van der Waals surface area (Å²) in [4.78, 5) is 4.42. The molecule has 0 unspecified atom stereocenters. The van der Waals surface area contributed by atoms with E-state index in [1.807, 2.05) is 30.3 Å². The number of methoxy groups -OCH3 is 1. The molecule has 0 radical (unpaired) electrons. The van der Waals surface area contributed by atoms with Gasteiger partial charge in [0.15, 0.2) is 11.7 Å². The largest absolute Gasteiger partial charge is 0.496 e. The smallest absolute Gasteiger partial charge is 0.189 e. The van der Waals surface area contributed by atoms with Gasteiger partial charge in [0.2, 0.25) is 0 Å². The van der Waals surface area contributed by atoms with E-state index < -0.39 is 0 Å².